The van der Waals surface area contributed by atoms with Crippen molar-refractivity contribution in [3.63, 3.8) is 0 Å². The van der Waals surface area contributed by atoms with Crippen LogP contribution < -0.4 is 10.6 Å². The molecule has 0 aliphatic carbocycles. The zero-order chi connectivity index (χ0) is 14.8. The minimum Gasteiger partial charge on any atom is -0.356 e. The molecule has 0 aliphatic heterocycles. The van der Waals surface area contributed by atoms with Crippen LogP contribution in [0.5, 0.6) is 0 Å². The van der Waals surface area contributed by atoms with Crippen molar-refractivity contribution >= 4 is 23.6 Å². The first kappa shape index (κ1) is 16.4. The van der Waals surface area contributed by atoms with E-state index >= 15 is 0 Å². The van der Waals surface area contributed by atoms with E-state index in [0.717, 1.165) is 6.42 Å². The summed E-state index contributed by atoms with van der Waals surface area (Å²) in [6.07, 6.45) is 4.48. The predicted octanol–water partition coefficient (Wildman–Crippen LogP) is 0.990. The maximum atomic E-state index is 11.8. The summed E-state index contributed by atoms with van der Waals surface area (Å²) in [6, 6.07) is 1.73. The molecule has 1 aromatic heterocycles. The number of carbonyl (C=O) groups excluding carboxylic acids is 2. The molecule has 110 valence electrons. The molecule has 0 saturated heterocycles. The average Bonchev–Trinajstić information content (AvgIpc) is 2.46. The second-order valence-corrected chi connectivity index (χ2v) is 5.49. The van der Waals surface area contributed by atoms with Gasteiger partial charge < -0.3 is 10.6 Å². The van der Waals surface area contributed by atoms with Gasteiger partial charge in [0.15, 0.2) is 5.16 Å². The van der Waals surface area contributed by atoms with Crippen molar-refractivity contribution in [2.75, 3.05) is 13.1 Å². The van der Waals surface area contributed by atoms with Crippen LogP contribution in [-0.2, 0) is 9.59 Å². The summed E-state index contributed by atoms with van der Waals surface area (Å²) in [5, 5.41) is 5.76. The van der Waals surface area contributed by atoms with E-state index in [-0.39, 0.29) is 17.1 Å². The fourth-order valence-corrected chi connectivity index (χ4v) is 2.10. The van der Waals surface area contributed by atoms with Crippen LogP contribution in [0, 0.1) is 0 Å². The van der Waals surface area contributed by atoms with Crippen molar-refractivity contribution in [2.45, 2.75) is 37.1 Å². The fourth-order valence-electron chi connectivity index (χ4n) is 1.35. The molecule has 7 heteroatoms. The maximum Gasteiger partial charge on any atom is 0.233 e. The average molecular weight is 296 g/mol. The second-order valence-electron chi connectivity index (χ2n) is 4.18. The standard InChI is InChI=1S/C13H20N4O2S/c1-3-6-14-11(18)5-9-15-12(19)10(2)20-13-16-7-4-8-17-13/h4,7-8,10H,3,5-6,9H2,1-2H3,(H,14,18)(H,15,19). The van der Waals surface area contributed by atoms with Crippen LogP contribution in [0.1, 0.15) is 26.7 Å². The van der Waals surface area contributed by atoms with Gasteiger partial charge in [-0.05, 0) is 19.4 Å². The van der Waals surface area contributed by atoms with Gasteiger partial charge in [-0.15, -0.1) is 0 Å². The largest absolute Gasteiger partial charge is 0.356 e. The molecular formula is C13H20N4O2S. The Hall–Kier alpha value is -1.63. The summed E-state index contributed by atoms with van der Waals surface area (Å²) in [5.41, 5.74) is 0. The second kappa shape index (κ2) is 9.30. The van der Waals surface area contributed by atoms with Crippen molar-refractivity contribution in [1.82, 2.24) is 20.6 Å². The number of rotatable bonds is 8. The van der Waals surface area contributed by atoms with Crippen molar-refractivity contribution in [3.05, 3.63) is 18.5 Å². The molecule has 0 fully saturated rings. The van der Waals surface area contributed by atoms with Gasteiger partial charge in [-0.1, -0.05) is 18.7 Å². The minimum absolute atomic E-state index is 0.0427. The van der Waals surface area contributed by atoms with Crippen molar-refractivity contribution in [3.8, 4) is 0 Å². The zero-order valence-electron chi connectivity index (χ0n) is 11.8. The van der Waals surface area contributed by atoms with Crippen LogP contribution in [0.15, 0.2) is 23.6 Å². The molecule has 20 heavy (non-hydrogen) atoms. The molecule has 2 amide bonds. The Labute approximate surface area is 123 Å². The van der Waals surface area contributed by atoms with E-state index < -0.39 is 0 Å². The highest BCUT2D eigenvalue weighted by molar-refractivity contribution is 8.00. The third-order valence-corrected chi connectivity index (χ3v) is 3.41. The molecule has 0 aliphatic rings. The monoisotopic (exact) mass is 296 g/mol. The number of nitrogens with one attached hydrogen (secondary N) is 2. The van der Waals surface area contributed by atoms with Crippen LogP contribution in [0.4, 0.5) is 0 Å². The van der Waals surface area contributed by atoms with Crippen molar-refractivity contribution in [2.24, 2.45) is 0 Å². The van der Waals surface area contributed by atoms with Gasteiger partial charge in [0, 0.05) is 31.9 Å². The summed E-state index contributed by atoms with van der Waals surface area (Å²) >= 11 is 1.29. The Kier molecular flexibility index (Phi) is 7.64. The Balaban J connectivity index is 2.23. The summed E-state index contributed by atoms with van der Waals surface area (Å²) in [6.45, 7) is 4.79. The first-order chi connectivity index (χ1) is 9.63. The predicted molar refractivity (Wildman–Crippen MR) is 78.3 cm³/mol. The number of thioether (sulfide) groups is 1. The Morgan fingerprint density at radius 1 is 1.25 bits per heavy atom. The minimum atomic E-state index is -0.295. The van der Waals surface area contributed by atoms with Gasteiger partial charge in [0.25, 0.3) is 0 Å². The highest BCUT2D eigenvalue weighted by Gasteiger charge is 2.15. The van der Waals surface area contributed by atoms with Gasteiger partial charge in [0.2, 0.25) is 11.8 Å². The van der Waals surface area contributed by atoms with E-state index in [1.54, 1.807) is 25.4 Å². The molecule has 1 rings (SSSR count). The number of aromatic nitrogens is 2. The molecule has 1 heterocycles. The van der Waals surface area contributed by atoms with E-state index in [4.69, 9.17) is 0 Å². The number of amides is 2. The third kappa shape index (κ3) is 6.51. The molecule has 0 spiro atoms. The third-order valence-electron chi connectivity index (χ3n) is 2.42. The molecule has 1 unspecified atom stereocenters. The Morgan fingerprint density at radius 3 is 2.60 bits per heavy atom. The summed E-state index contributed by atoms with van der Waals surface area (Å²) < 4.78 is 0. The number of nitrogens with zero attached hydrogens (tertiary/aromatic N) is 2. The van der Waals surface area contributed by atoms with Crippen LogP contribution in [0.2, 0.25) is 0 Å². The normalized spacial score (nSPS) is 11.7. The first-order valence-electron chi connectivity index (χ1n) is 6.61. The van der Waals surface area contributed by atoms with Gasteiger partial charge >= 0.3 is 0 Å². The highest BCUT2D eigenvalue weighted by Crippen LogP contribution is 2.17. The summed E-state index contributed by atoms with van der Waals surface area (Å²) in [7, 11) is 0. The molecule has 1 aromatic rings. The van der Waals surface area contributed by atoms with Crippen LogP contribution in [-0.4, -0.2) is 40.1 Å². The molecular weight excluding hydrogens is 276 g/mol. The van der Waals surface area contributed by atoms with Crippen molar-refractivity contribution < 1.29 is 9.59 Å². The van der Waals surface area contributed by atoms with E-state index in [2.05, 4.69) is 20.6 Å². The molecule has 2 N–H and O–H groups in total. The SMILES string of the molecule is CCCNC(=O)CCNC(=O)C(C)Sc1ncccn1. The lowest BCUT2D eigenvalue weighted by Crippen LogP contribution is -2.34. The van der Waals surface area contributed by atoms with Gasteiger partial charge in [-0.25, -0.2) is 9.97 Å². The quantitative estimate of drug-likeness (QED) is 0.552. The molecule has 1 atom stereocenters. The zero-order valence-corrected chi connectivity index (χ0v) is 12.6. The fraction of sp³-hybridized carbons (Fsp3) is 0.538. The van der Waals surface area contributed by atoms with Gasteiger partial charge in [-0.2, -0.15) is 0 Å². The Bertz CT molecular complexity index is 428. The first-order valence-corrected chi connectivity index (χ1v) is 7.49. The van der Waals surface area contributed by atoms with E-state index in [0.29, 0.717) is 24.7 Å². The van der Waals surface area contributed by atoms with E-state index in [9.17, 15) is 9.59 Å². The molecule has 0 aromatic carbocycles. The molecule has 0 bridgehead atoms. The van der Waals surface area contributed by atoms with Crippen LogP contribution in [0.25, 0.3) is 0 Å². The lowest BCUT2D eigenvalue weighted by Gasteiger charge is -2.10. The number of carbonyl (C=O) groups is 2. The smallest absolute Gasteiger partial charge is 0.233 e. The summed E-state index contributed by atoms with van der Waals surface area (Å²) in [4.78, 5) is 31.3. The van der Waals surface area contributed by atoms with Crippen LogP contribution >= 0.6 is 11.8 Å². The van der Waals surface area contributed by atoms with Crippen molar-refractivity contribution in [1.29, 1.82) is 0 Å². The summed E-state index contributed by atoms with van der Waals surface area (Å²) in [5.74, 6) is -0.162. The maximum absolute atomic E-state index is 11.8. The number of hydrogen-bond acceptors (Lipinski definition) is 5. The highest BCUT2D eigenvalue weighted by atomic mass is 32.2. The Morgan fingerprint density at radius 2 is 1.95 bits per heavy atom. The molecule has 0 radical (unpaired) electrons. The van der Waals surface area contributed by atoms with Gasteiger partial charge in [0.05, 0.1) is 5.25 Å². The topological polar surface area (TPSA) is 84.0 Å². The van der Waals surface area contributed by atoms with Crippen LogP contribution in [0.3, 0.4) is 0 Å². The van der Waals surface area contributed by atoms with Gasteiger partial charge in [-0.3, -0.25) is 9.59 Å². The van der Waals surface area contributed by atoms with E-state index in [1.807, 2.05) is 6.92 Å². The lowest BCUT2D eigenvalue weighted by molar-refractivity contribution is -0.122. The van der Waals surface area contributed by atoms with Gasteiger partial charge in [0.1, 0.15) is 0 Å². The molecule has 0 saturated carbocycles. The van der Waals surface area contributed by atoms with E-state index in [1.165, 1.54) is 11.8 Å². The number of hydrogen-bond donors (Lipinski definition) is 2. The lowest BCUT2D eigenvalue weighted by atomic mass is 10.3. The molecule has 6 nitrogen and oxygen atoms in total.